The third-order valence-electron chi connectivity index (χ3n) is 6.66. The van der Waals surface area contributed by atoms with Crippen LogP contribution < -0.4 is 19.5 Å². The van der Waals surface area contributed by atoms with Gasteiger partial charge in [0, 0.05) is 42.1 Å². The molecule has 0 saturated carbocycles. The summed E-state index contributed by atoms with van der Waals surface area (Å²) >= 11 is 0. The summed E-state index contributed by atoms with van der Waals surface area (Å²) in [6.07, 6.45) is 1.51. The van der Waals surface area contributed by atoms with Crippen LogP contribution in [0.4, 0.5) is 14.9 Å². The van der Waals surface area contributed by atoms with E-state index in [9.17, 15) is 14.4 Å². The minimum absolute atomic E-state index is 0.0605. The topological polar surface area (TPSA) is 140 Å². The van der Waals surface area contributed by atoms with Crippen LogP contribution in [-0.2, 0) is 23.2 Å². The quantitative estimate of drug-likeness (QED) is 0.247. The second kappa shape index (κ2) is 11.2. The number of azo groups is 2. The van der Waals surface area contributed by atoms with Gasteiger partial charge in [0.1, 0.15) is 25.0 Å². The predicted molar refractivity (Wildman–Crippen MR) is 146 cm³/mol. The Labute approximate surface area is 239 Å². The van der Waals surface area contributed by atoms with Crippen molar-refractivity contribution in [2.75, 3.05) is 26.6 Å². The molecule has 2 aromatic carbocycles. The molecular weight excluding hydrogens is 549 g/mol. The Bertz CT molecular complexity index is 1750. The highest BCUT2D eigenvalue weighted by molar-refractivity contribution is 6.13. The molecule has 0 aliphatic carbocycles. The third kappa shape index (κ3) is 5.33. The molecule has 0 fully saturated rings. The molecule has 42 heavy (non-hydrogen) atoms. The van der Waals surface area contributed by atoms with E-state index in [0.29, 0.717) is 33.8 Å². The molecule has 1 unspecified atom stereocenters. The van der Waals surface area contributed by atoms with E-state index in [-0.39, 0.29) is 18.0 Å². The molecule has 1 aliphatic heterocycles. The van der Waals surface area contributed by atoms with Gasteiger partial charge in [-0.15, -0.1) is 9.60 Å². The highest BCUT2D eigenvalue weighted by Crippen LogP contribution is 2.37. The Kier molecular flexibility index (Phi) is 7.53. The van der Waals surface area contributed by atoms with Gasteiger partial charge in [-0.1, -0.05) is 5.11 Å². The second-order valence-corrected chi connectivity index (χ2v) is 9.42. The van der Waals surface area contributed by atoms with Crippen molar-refractivity contribution >= 4 is 34.4 Å². The SMILES string of the molecule is COc1cc2nccc(Oc3ccc(NC(=O)C4N=[N+](C)C(=O)N(Cc5cc(C)n(C)n5)C4=O)cc3F)c2cc1OC. The van der Waals surface area contributed by atoms with Gasteiger partial charge in [0.05, 0.1) is 19.7 Å². The van der Waals surface area contributed by atoms with Crippen LogP contribution in [-0.4, -0.2) is 69.5 Å². The van der Waals surface area contributed by atoms with E-state index in [4.69, 9.17) is 14.2 Å². The molecule has 1 atom stereocenters. The summed E-state index contributed by atoms with van der Waals surface area (Å²) in [5, 5.41) is 11.2. The molecule has 2 aromatic heterocycles. The maximum absolute atomic E-state index is 15.1. The maximum Gasteiger partial charge on any atom is 0.521 e. The monoisotopic (exact) mass is 576 g/mol. The van der Waals surface area contributed by atoms with Crippen molar-refractivity contribution in [3.63, 3.8) is 0 Å². The number of rotatable bonds is 8. The maximum atomic E-state index is 15.1. The number of amides is 4. The molecule has 0 saturated heterocycles. The summed E-state index contributed by atoms with van der Waals surface area (Å²) in [6.45, 7) is 1.70. The van der Waals surface area contributed by atoms with Crippen molar-refractivity contribution in [2.45, 2.75) is 19.5 Å². The van der Waals surface area contributed by atoms with Crippen molar-refractivity contribution in [3.8, 4) is 23.0 Å². The first-order chi connectivity index (χ1) is 20.1. The van der Waals surface area contributed by atoms with Crippen molar-refractivity contribution in [1.29, 1.82) is 0 Å². The number of pyridine rings is 1. The lowest BCUT2D eigenvalue weighted by Crippen LogP contribution is -2.53. The van der Waals surface area contributed by atoms with Gasteiger partial charge in [0.2, 0.25) is 0 Å². The number of hydrogen-bond acceptors (Lipinski definition) is 9. The first kappa shape index (κ1) is 28.1. The molecule has 13 nitrogen and oxygen atoms in total. The molecule has 3 heterocycles. The molecule has 1 aliphatic rings. The van der Waals surface area contributed by atoms with Gasteiger partial charge in [0.15, 0.2) is 23.1 Å². The number of urea groups is 1. The Morgan fingerprint density at radius 1 is 1.05 bits per heavy atom. The van der Waals surface area contributed by atoms with Crippen LogP contribution in [0.5, 0.6) is 23.0 Å². The Morgan fingerprint density at radius 2 is 1.79 bits per heavy atom. The average molecular weight is 577 g/mol. The standard InChI is InChI=1S/C28H26FN7O6/c1-15-10-17(32-34(15)2)14-36-27(38)25(33-35(3)28(36)39)26(37)31-16-6-7-22(19(29)11-16)42-21-8-9-30-20-13-24(41-5)23(40-4)12-18(20)21/h6-13,25H,14H2,1-5H3/p+1. The molecule has 4 aromatic rings. The van der Waals surface area contributed by atoms with Crippen LogP contribution in [0, 0.1) is 12.7 Å². The third-order valence-corrected chi connectivity index (χ3v) is 6.66. The lowest BCUT2D eigenvalue weighted by Gasteiger charge is -2.20. The van der Waals surface area contributed by atoms with E-state index in [1.54, 1.807) is 36.0 Å². The predicted octanol–water partition coefficient (Wildman–Crippen LogP) is 3.79. The number of nitrogens with one attached hydrogen (secondary N) is 1. The summed E-state index contributed by atoms with van der Waals surface area (Å²) in [6, 6.07) is 8.21. The molecule has 216 valence electrons. The molecule has 0 radical (unpaired) electrons. The molecule has 1 N–H and O–H groups in total. The second-order valence-electron chi connectivity index (χ2n) is 9.42. The number of carbonyl (C=O) groups is 3. The zero-order valence-corrected chi connectivity index (χ0v) is 23.4. The Hall–Kier alpha value is -5.40. The lowest BCUT2D eigenvalue weighted by atomic mass is 10.1. The number of aromatic nitrogens is 3. The summed E-state index contributed by atoms with van der Waals surface area (Å²) in [5.74, 6) is -1.30. The molecule has 0 bridgehead atoms. The van der Waals surface area contributed by atoms with Gasteiger partial charge < -0.3 is 19.5 Å². The molecule has 5 rings (SSSR count). The van der Waals surface area contributed by atoms with Crippen LogP contribution >= 0.6 is 0 Å². The van der Waals surface area contributed by atoms with Gasteiger partial charge >= 0.3 is 11.9 Å². The number of benzene rings is 2. The fraction of sp³-hybridized carbons (Fsp3) is 0.250. The number of methoxy groups -OCH3 is 2. The minimum atomic E-state index is -1.56. The number of aryl methyl sites for hydroxylation is 2. The van der Waals surface area contributed by atoms with Crippen LogP contribution in [0.3, 0.4) is 0 Å². The van der Waals surface area contributed by atoms with Crippen LogP contribution in [0.1, 0.15) is 11.4 Å². The molecular formula is C28H27FN7O6+. The van der Waals surface area contributed by atoms with Crippen LogP contribution in [0.15, 0.2) is 53.8 Å². The normalized spacial score (nSPS) is 15.0. The zero-order chi connectivity index (χ0) is 30.1. The molecule has 14 heteroatoms. The number of carbonyl (C=O) groups excluding carboxylic acids is 3. The number of anilines is 1. The van der Waals surface area contributed by atoms with Gasteiger partial charge in [0.25, 0.3) is 11.9 Å². The van der Waals surface area contributed by atoms with Crippen LogP contribution in [0.2, 0.25) is 0 Å². The highest BCUT2D eigenvalue weighted by Gasteiger charge is 2.47. The first-order valence-electron chi connectivity index (χ1n) is 12.7. The number of ether oxygens (including phenoxy) is 3. The number of fused-ring (bicyclic) bond motifs is 1. The summed E-state index contributed by atoms with van der Waals surface area (Å²) in [5.41, 5.74) is 1.92. The summed E-state index contributed by atoms with van der Waals surface area (Å²) < 4.78 is 34.2. The number of halogens is 1. The molecule has 0 spiro atoms. The van der Waals surface area contributed by atoms with Crippen LogP contribution in [0.25, 0.3) is 10.9 Å². The Balaban J connectivity index is 1.33. The fourth-order valence-corrected chi connectivity index (χ4v) is 4.40. The number of nitrogens with zero attached hydrogens (tertiary/aromatic N) is 6. The average Bonchev–Trinajstić information content (AvgIpc) is 3.29. The van der Waals surface area contributed by atoms with E-state index < -0.39 is 29.7 Å². The van der Waals surface area contributed by atoms with E-state index in [1.165, 1.54) is 39.6 Å². The van der Waals surface area contributed by atoms with Crippen molar-refractivity contribution < 1.29 is 37.7 Å². The number of hydrogen-bond donors (Lipinski definition) is 1. The van der Waals surface area contributed by atoms with E-state index >= 15 is 4.39 Å². The zero-order valence-electron chi connectivity index (χ0n) is 23.4. The summed E-state index contributed by atoms with van der Waals surface area (Å²) in [4.78, 5) is 44.0. The van der Waals surface area contributed by atoms with Crippen molar-refractivity contribution in [3.05, 3.63) is 65.9 Å². The first-order valence-corrected chi connectivity index (χ1v) is 12.7. The minimum Gasteiger partial charge on any atom is -0.493 e. The van der Waals surface area contributed by atoms with Gasteiger partial charge in [-0.3, -0.25) is 14.5 Å². The van der Waals surface area contributed by atoms with Crippen molar-refractivity contribution in [1.82, 2.24) is 19.7 Å². The van der Waals surface area contributed by atoms with E-state index in [0.717, 1.165) is 21.4 Å². The van der Waals surface area contributed by atoms with Gasteiger partial charge in [-0.05, 0) is 37.3 Å². The lowest BCUT2D eigenvalue weighted by molar-refractivity contribution is -0.482. The number of imide groups is 1. The van der Waals surface area contributed by atoms with Gasteiger partial charge in [-0.25, -0.2) is 9.18 Å². The van der Waals surface area contributed by atoms with Gasteiger partial charge in [-0.2, -0.15) is 9.89 Å². The van der Waals surface area contributed by atoms with Crippen molar-refractivity contribution in [2.24, 2.45) is 12.2 Å². The van der Waals surface area contributed by atoms with E-state index in [2.05, 4.69) is 20.5 Å². The highest BCUT2D eigenvalue weighted by atomic mass is 19.1. The smallest absolute Gasteiger partial charge is 0.493 e. The Morgan fingerprint density at radius 3 is 2.45 bits per heavy atom. The van der Waals surface area contributed by atoms with E-state index in [1.807, 2.05) is 6.92 Å². The fourth-order valence-electron chi connectivity index (χ4n) is 4.40. The molecule has 4 amide bonds. The summed E-state index contributed by atoms with van der Waals surface area (Å²) in [7, 11) is 6.08. The largest absolute Gasteiger partial charge is 0.521 e.